The fourth-order valence-electron chi connectivity index (χ4n) is 1.67. The average Bonchev–Trinajstić information content (AvgIpc) is 2.29. The minimum Gasteiger partial charge on any atom is -0.481 e. The molecule has 1 atom stereocenters. The number of methoxy groups -OCH3 is 1. The zero-order valence-electron chi connectivity index (χ0n) is 11.4. The fraction of sp³-hybridized carbons (Fsp3) is 0.692. The number of nitrogens with one attached hydrogen (secondary N) is 1. The molecule has 1 unspecified atom stereocenters. The van der Waals surface area contributed by atoms with Gasteiger partial charge in [0.2, 0.25) is 5.88 Å². The van der Waals surface area contributed by atoms with Gasteiger partial charge in [0, 0.05) is 12.1 Å². The zero-order valence-corrected chi connectivity index (χ0v) is 11.4. The highest BCUT2D eigenvalue weighted by Crippen LogP contribution is 2.27. The van der Waals surface area contributed by atoms with Crippen LogP contribution in [0.1, 0.15) is 45.3 Å². The molecule has 0 saturated heterocycles. The van der Waals surface area contributed by atoms with Crippen molar-refractivity contribution in [3.8, 4) is 5.88 Å². The normalized spacial score (nSPS) is 13.5. The van der Waals surface area contributed by atoms with Crippen LogP contribution in [0.3, 0.4) is 0 Å². The summed E-state index contributed by atoms with van der Waals surface area (Å²) in [6.07, 6.45) is 3.75. The maximum Gasteiger partial charge on any atom is 0.216 e. The maximum atomic E-state index is 5.12. The van der Waals surface area contributed by atoms with Gasteiger partial charge in [-0.25, -0.2) is 9.97 Å². The van der Waals surface area contributed by atoms with Gasteiger partial charge in [0.05, 0.1) is 12.8 Å². The van der Waals surface area contributed by atoms with Crippen molar-refractivity contribution < 1.29 is 4.74 Å². The molecule has 1 aromatic rings. The number of nitrogens with zero attached hydrogens (tertiary/aromatic N) is 2. The van der Waals surface area contributed by atoms with Crippen molar-refractivity contribution in [3.63, 3.8) is 0 Å². The Labute approximate surface area is 104 Å². The van der Waals surface area contributed by atoms with Crippen LogP contribution in [-0.2, 0) is 0 Å². The van der Waals surface area contributed by atoms with E-state index in [1.165, 1.54) is 0 Å². The van der Waals surface area contributed by atoms with E-state index in [1.807, 2.05) is 13.1 Å². The summed E-state index contributed by atoms with van der Waals surface area (Å²) < 4.78 is 5.12. The van der Waals surface area contributed by atoms with E-state index in [9.17, 15) is 0 Å². The lowest BCUT2D eigenvalue weighted by Crippen LogP contribution is -2.20. The van der Waals surface area contributed by atoms with Gasteiger partial charge in [0.1, 0.15) is 6.33 Å². The fourth-order valence-corrected chi connectivity index (χ4v) is 1.67. The standard InChI is InChI=1S/C13H23N3O/c1-13(2,3)7-6-10(14-4)11-8-12(17-5)16-9-15-11/h8-10,14H,6-7H2,1-5H3. The summed E-state index contributed by atoms with van der Waals surface area (Å²) in [5.41, 5.74) is 1.33. The SMILES string of the molecule is CNC(CCC(C)(C)C)c1cc(OC)ncn1. The first-order chi connectivity index (χ1) is 7.96. The van der Waals surface area contributed by atoms with Crippen LogP contribution in [0.5, 0.6) is 5.88 Å². The second-order valence-electron chi connectivity index (χ2n) is 5.43. The van der Waals surface area contributed by atoms with E-state index in [0.717, 1.165) is 18.5 Å². The van der Waals surface area contributed by atoms with Gasteiger partial charge in [0.15, 0.2) is 0 Å². The monoisotopic (exact) mass is 237 g/mol. The molecular formula is C13H23N3O. The molecule has 0 spiro atoms. The zero-order chi connectivity index (χ0) is 12.9. The summed E-state index contributed by atoms with van der Waals surface area (Å²) in [6, 6.07) is 2.15. The number of rotatable bonds is 5. The predicted molar refractivity (Wildman–Crippen MR) is 69.1 cm³/mol. The van der Waals surface area contributed by atoms with E-state index < -0.39 is 0 Å². The van der Waals surface area contributed by atoms with E-state index in [4.69, 9.17) is 4.74 Å². The maximum absolute atomic E-state index is 5.12. The molecule has 4 nitrogen and oxygen atoms in total. The van der Waals surface area contributed by atoms with Crippen molar-refractivity contribution in [2.75, 3.05) is 14.2 Å². The van der Waals surface area contributed by atoms with Crippen LogP contribution in [0.15, 0.2) is 12.4 Å². The van der Waals surface area contributed by atoms with Crippen molar-refractivity contribution in [1.29, 1.82) is 0 Å². The highest BCUT2D eigenvalue weighted by molar-refractivity contribution is 5.16. The molecule has 0 aliphatic rings. The lowest BCUT2D eigenvalue weighted by Gasteiger charge is -2.22. The summed E-state index contributed by atoms with van der Waals surface area (Å²) in [5.74, 6) is 0.617. The van der Waals surface area contributed by atoms with Gasteiger partial charge in [-0.2, -0.15) is 0 Å². The summed E-state index contributed by atoms with van der Waals surface area (Å²) in [5, 5.41) is 3.30. The van der Waals surface area contributed by atoms with Gasteiger partial charge in [-0.1, -0.05) is 20.8 Å². The lowest BCUT2D eigenvalue weighted by molar-refractivity contribution is 0.334. The van der Waals surface area contributed by atoms with Gasteiger partial charge in [-0.15, -0.1) is 0 Å². The minimum absolute atomic E-state index is 0.256. The number of ether oxygens (including phenoxy) is 1. The van der Waals surface area contributed by atoms with Crippen LogP contribution in [0.2, 0.25) is 0 Å². The lowest BCUT2D eigenvalue weighted by atomic mass is 9.88. The van der Waals surface area contributed by atoms with Crippen molar-refractivity contribution in [2.24, 2.45) is 5.41 Å². The van der Waals surface area contributed by atoms with Crippen molar-refractivity contribution >= 4 is 0 Å². The third-order valence-corrected chi connectivity index (χ3v) is 2.76. The highest BCUT2D eigenvalue weighted by Gasteiger charge is 2.17. The van der Waals surface area contributed by atoms with Crippen LogP contribution in [0, 0.1) is 5.41 Å². The Hall–Kier alpha value is -1.16. The van der Waals surface area contributed by atoms with E-state index in [0.29, 0.717) is 11.3 Å². The molecule has 17 heavy (non-hydrogen) atoms. The van der Waals surface area contributed by atoms with Crippen molar-refractivity contribution in [3.05, 3.63) is 18.1 Å². The highest BCUT2D eigenvalue weighted by atomic mass is 16.5. The predicted octanol–water partition coefficient (Wildman–Crippen LogP) is 2.57. The molecule has 96 valence electrons. The van der Waals surface area contributed by atoms with E-state index in [2.05, 4.69) is 36.1 Å². The Balaban J connectivity index is 2.72. The molecule has 1 rings (SSSR count). The molecular weight excluding hydrogens is 214 g/mol. The molecule has 0 bridgehead atoms. The number of hydrogen-bond donors (Lipinski definition) is 1. The van der Waals surface area contributed by atoms with Crippen LogP contribution in [0.25, 0.3) is 0 Å². The van der Waals surface area contributed by atoms with Gasteiger partial charge in [0.25, 0.3) is 0 Å². The summed E-state index contributed by atoms with van der Waals surface area (Å²) >= 11 is 0. The Bertz CT molecular complexity index is 347. The van der Waals surface area contributed by atoms with E-state index in [-0.39, 0.29) is 6.04 Å². The molecule has 0 aromatic carbocycles. The first-order valence-corrected chi connectivity index (χ1v) is 5.99. The third kappa shape index (κ3) is 4.69. The first-order valence-electron chi connectivity index (χ1n) is 5.99. The van der Waals surface area contributed by atoms with Gasteiger partial charge >= 0.3 is 0 Å². The Morgan fingerprint density at radius 2 is 2.06 bits per heavy atom. The number of aromatic nitrogens is 2. The molecule has 1 aromatic heterocycles. The summed E-state index contributed by atoms with van der Waals surface area (Å²) in [7, 11) is 3.58. The molecule has 0 aliphatic heterocycles. The molecule has 1 heterocycles. The van der Waals surface area contributed by atoms with E-state index >= 15 is 0 Å². The van der Waals surface area contributed by atoms with Crippen LogP contribution >= 0.6 is 0 Å². The quantitative estimate of drug-likeness (QED) is 0.855. The molecule has 4 heteroatoms. The largest absolute Gasteiger partial charge is 0.481 e. The third-order valence-electron chi connectivity index (χ3n) is 2.76. The first kappa shape index (κ1) is 13.9. The van der Waals surface area contributed by atoms with Crippen LogP contribution in [0.4, 0.5) is 0 Å². The summed E-state index contributed by atoms with van der Waals surface area (Å²) in [4.78, 5) is 8.33. The number of hydrogen-bond acceptors (Lipinski definition) is 4. The average molecular weight is 237 g/mol. The second kappa shape index (κ2) is 5.96. The topological polar surface area (TPSA) is 47.0 Å². The van der Waals surface area contributed by atoms with Crippen molar-refractivity contribution in [2.45, 2.75) is 39.7 Å². The molecule has 0 amide bonds. The van der Waals surface area contributed by atoms with Gasteiger partial charge < -0.3 is 10.1 Å². The van der Waals surface area contributed by atoms with E-state index in [1.54, 1.807) is 13.4 Å². The van der Waals surface area contributed by atoms with Crippen molar-refractivity contribution in [1.82, 2.24) is 15.3 Å². The van der Waals surface area contributed by atoms with Gasteiger partial charge in [-0.05, 0) is 25.3 Å². The molecule has 0 aliphatic carbocycles. The Kier molecular flexibility index (Phi) is 4.87. The minimum atomic E-state index is 0.256. The molecule has 0 saturated carbocycles. The molecule has 0 fully saturated rings. The van der Waals surface area contributed by atoms with Crippen LogP contribution < -0.4 is 10.1 Å². The molecule has 0 radical (unpaired) electrons. The summed E-state index contributed by atoms with van der Waals surface area (Å²) in [6.45, 7) is 6.75. The second-order valence-corrected chi connectivity index (χ2v) is 5.43. The smallest absolute Gasteiger partial charge is 0.216 e. The Morgan fingerprint density at radius 1 is 1.35 bits per heavy atom. The molecule has 1 N–H and O–H groups in total. The van der Waals surface area contributed by atoms with Crippen LogP contribution in [-0.4, -0.2) is 24.1 Å². The Morgan fingerprint density at radius 3 is 2.59 bits per heavy atom. The van der Waals surface area contributed by atoms with Gasteiger partial charge in [-0.3, -0.25) is 0 Å².